The monoisotopic (exact) mass is 373 g/mol. The van der Waals surface area contributed by atoms with E-state index in [2.05, 4.69) is 57.9 Å². The molecule has 0 spiro atoms. The molecule has 0 saturated carbocycles. The smallest absolute Gasteiger partial charge is 0.140 e. The van der Waals surface area contributed by atoms with Crippen LogP contribution in [-0.4, -0.2) is 15.6 Å². The highest BCUT2D eigenvalue weighted by molar-refractivity contribution is 5.85. The highest BCUT2D eigenvalue weighted by atomic mass is 35.5. The van der Waals surface area contributed by atoms with Crippen molar-refractivity contribution < 1.29 is 5.11 Å². The van der Waals surface area contributed by atoms with Crippen LogP contribution in [-0.2, 0) is 12.0 Å². The van der Waals surface area contributed by atoms with Crippen LogP contribution in [0.15, 0.2) is 30.5 Å². The lowest BCUT2D eigenvalue weighted by molar-refractivity contribution is 0.411. The topological polar surface area (TPSA) is 68.9 Å². The molecule has 140 valence electrons. The van der Waals surface area contributed by atoms with Crippen molar-refractivity contribution in [2.24, 2.45) is 0 Å². The van der Waals surface area contributed by atoms with E-state index in [0.29, 0.717) is 12.2 Å². The minimum Gasteiger partial charge on any atom is -0.507 e. The second-order valence-corrected chi connectivity index (χ2v) is 8.43. The van der Waals surface area contributed by atoms with Crippen LogP contribution in [0.5, 0.6) is 5.75 Å². The van der Waals surface area contributed by atoms with Gasteiger partial charge in [-0.05, 0) is 49.9 Å². The first-order valence-corrected chi connectivity index (χ1v) is 8.49. The molecule has 0 aliphatic carbocycles. The molecule has 26 heavy (non-hydrogen) atoms. The Morgan fingerprint density at radius 2 is 1.77 bits per heavy atom. The van der Waals surface area contributed by atoms with Crippen LogP contribution >= 0.6 is 12.4 Å². The maximum absolute atomic E-state index is 10.8. The second-order valence-electron chi connectivity index (χ2n) is 8.43. The summed E-state index contributed by atoms with van der Waals surface area (Å²) in [5, 5.41) is 23.2. The lowest BCUT2D eigenvalue weighted by Gasteiger charge is -2.25. The molecule has 2 aromatic rings. The van der Waals surface area contributed by atoms with Gasteiger partial charge < -0.3 is 10.4 Å². The van der Waals surface area contributed by atoms with Crippen molar-refractivity contribution in [3.8, 4) is 22.9 Å². The maximum Gasteiger partial charge on any atom is 0.140 e. The van der Waals surface area contributed by atoms with Gasteiger partial charge >= 0.3 is 0 Å². The van der Waals surface area contributed by atoms with Gasteiger partial charge in [0.1, 0.15) is 17.5 Å². The Bertz CT molecular complexity index is 794. The SMILES string of the molecule is CC(C)(C)NCc1cc(C(C)(C)C)cc(-c2ccc(C#N)nc2)c1O.Cl. The Kier molecular flexibility index (Phi) is 6.82. The van der Waals surface area contributed by atoms with E-state index in [1.54, 1.807) is 12.3 Å². The van der Waals surface area contributed by atoms with Gasteiger partial charge in [0, 0.05) is 35.0 Å². The number of halogens is 1. The van der Waals surface area contributed by atoms with Crippen molar-refractivity contribution in [2.75, 3.05) is 0 Å². The summed E-state index contributed by atoms with van der Waals surface area (Å²) in [6, 6.07) is 9.60. The van der Waals surface area contributed by atoms with Gasteiger partial charge in [0.25, 0.3) is 0 Å². The predicted molar refractivity (Wildman–Crippen MR) is 109 cm³/mol. The molecule has 0 fully saturated rings. The summed E-state index contributed by atoms with van der Waals surface area (Å²) in [5.41, 5.74) is 3.84. The molecule has 5 heteroatoms. The van der Waals surface area contributed by atoms with Gasteiger partial charge in [0.05, 0.1) is 0 Å². The molecule has 1 aromatic carbocycles. The summed E-state index contributed by atoms with van der Waals surface area (Å²) < 4.78 is 0. The lowest BCUT2D eigenvalue weighted by Crippen LogP contribution is -2.35. The molecule has 0 amide bonds. The van der Waals surface area contributed by atoms with E-state index < -0.39 is 0 Å². The third kappa shape index (κ3) is 5.45. The molecule has 1 aromatic heterocycles. The van der Waals surface area contributed by atoms with Crippen molar-refractivity contribution in [1.82, 2.24) is 10.3 Å². The number of aromatic hydroxyl groups is 1. The van der Waals surface area contributed by atoms with Crippen molar-refractivity contribution in [3.05, 3.63) is 47.3 Å². The van der Waals surface area contributed by atoms with E-state index in [1.165, 1.54) is 0 Å². The van der Waals surface area contributed by atoms with Gasteiger partial charge in [-0.2, -0.15) is 5.26 Å². The van der Waals surface area contributed by atoms with Crippen LogP contribution in [0.25, 0.3) is 11.1 Å². The second kappa shape index (κ2) is 8.07. The first kappa shape index (κ1) is 22.0. The minimum absolute atomic E-state index is 0. The normalized spacial score (nSPS) is 11.6. The van der Waals surface area contributed by atoms with Crippen LogP contribution in [0.3, 0.4) is 0 Å². The van der Waals surface area contributed by atoms with Crippen LogP contribution in [0.4, 0.5) is 0 Å². The summed E-state index contributed by atoms with van der Waals surface area (Å²) in [4.78, 5) is 4.13. The van der Waals surface area contributed by atoms with Crippen LogP contribution in [0, 0.1) is 11.3 Å². The van der Waals surface area contributed by atoms with E-state index in [0.717, 1.165) is 22.3 Å². The largest absolute Gasteiger partial charge is 0.507 e. The molecule has 0 radical (unpaired) electrons. The number of nitriles is 1. The van der Waals surface area contributed by atoms with Crippen molar-refractivity contribution in [1.29, 1.82) is 5.26 Å². The first-order chi connectivity index (χ1) is 11.5. The fourth-order valence-corrected chi connectivity index (χ4v) is 2.46. The number of benzene rings is 1. The molecule has 4 nitrogen and oxygen atoms in total. The average Bonchev–Trinajstić information content (AvgIpc) is 2.52. The lowest BCUT2D eigenvalue weighted by atomic mass is 9.83. The van der Waals surface area contributed by atoms with Gasteiger partial charge in [-0.1, -0.05) is 26.8 Å². The number of hydrogen-bond acceptors (Lipinski definition) is 4. The van der Waals surface area contributed by atoms with E-state index in [-0.39, 0.29) is 29.1 Å². The summed E-state index contributed by atoms with van der Waals surface area (Å²) in [5.74, 6) is 0.260. The predicted octanol–water partition coefficient (Wildman–Crippen LogP) is 4.93. The number of pyridine rings is 1. The van der Waals surface area contributed by atoms with Crippen LogP contribution in [0.2, 0.25) is 0 Å². The number of phenols is 1. The maximum atomic E-state index is 10.8. The van der Waals surface area contributed by atoms with Crippen LogP contribution < -0.4 is 5.32 Å². The summed E-state index contributed by atoms with van der Waals surface area (Å²) in [6.45, 7) is 13.3. The molecule has 2 rings (SSSR count). The molecular weight excluding hydrogens is 346 g/mol. The number of nitrogens with zero attached hydrogens (tertiary/aromatic N) is 2. The zero-order chi connectivity index (χ0) is 18.8. The van der Waals surface area contributed by atoms with Gasteiger partial charge in [-0.3, -0.25) is 0 Å². The zero-order valence-electron chi connectivity index (χ0n) is 16.3. The number of phenolic OH excluding ortho intramolecular Hbond substituents is 1. The highest BCUT2D eigenvalue weighted by Crippen LogP contribution is 2.37. The third-order valence-corrected chi connectivity index (χ3v) is 4.05. The molecule has 0 bridgehead atoms. The highest BCUT2D eigenvalue weighted by Gasteiger charge is 2.20. The van der Waals surface area contributed by atoms with Crippen molar-refractivity contribution in [2.45, 2.75) is 59.0 Å². The fraction of sp³-hybridized carbons (Fsp3) is 0.429. The van der Waals surface area contributed by atoms with Gasteiger partial charge in [0.15, 0.2) is 0 Å². The fourth-order valence-electron chi connectivity index (χ4n) is 2.46. The number of hydrogen-bond donors (Lipinski definition) is 2. The molecule has 0 aliphatic heterocycles. The minimum atomic E-state index is -0.0427. The Morgan fingerprint density at radius 3 is 2.23 bits per heavy atom. The molecule has 2 N–H and O–H groups in total. The van der Waals surface area contributed by atoms with E-state index in [1.807, 2.05) is 18.2 Å². The van der Waals surface area contributed by atoms with Gasteiger partial charge in [-0.25, -0.2) is 4.98 Å². The first-order valence-electron chi connectivity index (χ1n) is 8.49. The molecule has 0 aliphatic rings. The van der Waals surface area contributed by atoms with Crippen molar-refractivity contribution >= 4 is 12.4 Å². The van der Waals surface area contributed by atoms with Crippen LogP contribution in [0.1, 0.15) is 58.4 Å². The summed E-state index contributed by atoms with van der Waals surface area (Å²) >= 11 is 0. The van der Waals surface area contributed by atoms with E-state index >= 15 is 0 Å². The molecule has 1 heterocycles. The third-order valence-electron chi connectivity index (χ3n) is 4.05. The number of aromatic nitrogens is 1. The Balaban J connectivity index is 0.00000338. The quantitative estimate of drug-likeness (QED) is 0.800. The molecular formula is C21H28ClN3O. The number of rotatable bonds is 3. The Morgan fingerprint density at radius 1 is 1.12 bits per heavy atom. The molecule has 0 unspecified atom stereocenters. The molecule has 0 saturated heterocycles. The Labute approximate surface area is 162 Å². The summed E-state index contributed by atoms with van der Waals surface area (Å²) in [6.07, 6.45) is 1.64. The zero-order valence-corrected chi connectivity index (χ0v) is 17.2. The average molecular weight is 374 g/mol. The molecule has 0 atom stereocenters. The number of nitrogens with one attached hydrogen (secondary N) is 1. The Hall–Kier alpha value is -2.09. The standard InChI is InChI=1S/C21H27N3O.ClH/c1-20(2,3)16-9-15(13-24-21(4,5)6)19(25)18(10-16)14-7-8-17(11-22)23-12-14;/h7-10,12,24-25H,13H2,1-6H3;1H. The summed E-state index contributed by atoms with van der Waals surface area (Å²) in [7, 11) is 0. The van der Waals surface area contributed by atoms with Crippen molar-refractivity contribution in [3.63, 3.8) is 0 Å². The van der Waals surface area contributed by atoms with E-state index in [4.69, 9.17) is 5.26 Å². The van der Waals surface area contributed by atoms with E-state index in [9.17, 15) is 5.11 Å². The van der Waals surface area contributed by atoms with Gasteiger partial charge in [0.2, 0.25) is 0 Å². The van der Waals surface area contributed by atoms with Gasteiger partial charge in [-0.15, -0.1) is 12.4 Å².